The van der Waals surface area contributed by atoms with Gasteiger partial charge in [-0.1, -0.05) is 142 Å². The second kappa shape index (κ2) is 42.2. The number of esters is 2. The number of carboxylic acid groups (broad SMARTS) is 4. The second-order valence-electron chi connectivity index (χ2n) is 18.2. The minimum Gasteiger partial charge on any atom is -0.480 e. The molecule has 1 atom stereocenters. The summed E-state index contributed by atoms with van der Waals surface area (Å²) in [6.07, 6.45) is 25.5. The van der Waals surface area contributed by atoms with Crippen molar-refractivity contribution in [3.8, 4) is 0 Å². The van der Waals surface area contributed by atoms with E-state index in [4.69, 9.17) is 9.47 Å². The molecule has 0 saturated carbocycles. The molecule has 0 aromatic heterocycles. The molecule has 0 bridgehead atoms. The molecule has 0 saturated heterocycles. The molecule has 67 heavy (non-hydrogen) atoms. The Hall–Kier alpha value is -3.87. The smallest absolute Gasteiger partial charge is 0.317 e. The molecule has 0 fully saturated rings. The van der Waals surface area contributed by atoms with Gasteiger partial charge in [0.25, 0.3) is 0 Å². The first-order valence-electron chi connectivity index (χ1n) is 25.4. The van der Waals surface area contributed by atoms with E-state index in [1.165, 1.54) is 105 Å². The number of ether oxygens (including phenoxy) is 2. The van der Waals surface area contributed by atoms with E-state index in [-0.39, 0.29) is 76.7 Å². The maximum absolute atomic E-state index is 13.5. The maximum atomic E-state index is 13.5. The van der Waals surface area contributed by atoms with Crippen molar-refractivity contribution in [2.45, 2.75) is 174 Å². The topological polar surface area (TPSA) is 235 Å². The number of unbranched alkanes of at least 4 members (excludes halogenated alkanes) is 20. The molecule has 0 aliphatic rings. The predicted octanol–water partition coefficient (Wildman–Crippen LogP) is 6.48. The average molecular weight is 958 g/mol. The van der Waals surface area contributed by atoms with Crippen molar-refractivity contribution >= 4 is 41.7 Å². The third-order valence-electron chi connectivity index (χ3n) is 11.7. The summed E-state index contributed by atoms with van der Waals surface area (Å²) < 4.78 is 11.5. The van der Waals surface area contributed by atoms with E-state index >= 15 is 0 Å². The van der Waals surface area contributed by atoms with E-state index in [1.807, 2.05) is 4.90 Å². The SMILES string of the molecule is CCCCCCCCCCCCCC(=O)OCC(CN(C)CCN(C)C(=O)CN(CCN(CC(=O)O)CC(=O)O)CCN(CC(=O)O)CC(=O)O)OC(=O)CCCCCCCCCCCCC. The van der Waals surface area contributed by atoms with Gasteiger partial charge >= 0.3 is 35.8 Å². The summed E-state index contributed by atoms with van der Waals surface area (Å²) in [6, 6.07) is 0. The minimum atomic E-state index is -1.24. The first-order chi connectivity index (χ1) is 32.1. The van der Waals surface area contributed by atoms with Gasteiger partial charge in [-0.15, -0.1) is 0 Å². The minimum absolute atomic E-state index is 0.0399. The Kier molecular flexibility index (Phi) is 39.8. The molecule has 390 valence electrons. The van der Waals surface area contributed by atoms with Gasteiger partial charge in [-0.05, 0) is 19.9 Å². The normalized spacial score (nSPS) is 11.9. The van der Waals surface area contributed by atoms with Gasteiger partial charge in [0, 0.05) is 65.7 Å². The number of hydrogen-bond donors (Lipinski definition) is 4. The predicted molar refractivity (Wildman–Crippen MR) is 258 cm³/mol. The number of aliphatic carboxylic acids is 4. The molecule has 4 N–H and O–H groups in total. The van der Waals surface area contributed by atoms with Crippen molar-refractivity contribution in [2.24, 2.45) is 0 Å². The molecule has 1 amide bonds. The zero-order valence-electron chi connectivity index (χ0n) is 41.9. The molecule has 18 heteroatoms. The van der Waals surface area contributed by atoms with Crippen LogP contribution < -0.4 is 0 Å². The first kappa shape index (κ1) is 63.1. The summed E-state index contributed by atoms with van der Waals surface area (Å²) in [6.45, 7) is 2.78. The first-order valence-corrected chi connectivity index (χ1v) is 25.4. The Morgan fingerprint density at radius 2 is 0.761 bits per heavy atom. The van der Waals surface area contributed by atoms with Gasteiger partial charge in [0.2, 0.25) is 5.91 Å². The Labute approximate surface area is 402 Å². The molecule has 18 nitrogen and oxygen atoms in total. The van der Waals surface area contributed by atoms with Crippen LogP contribution in [0.5, 0.6) is 0 Å². The van der Waals surface area contributed by atoms with Crippen LogP contribution in [0.3, 0.4) is 0 Å². The van der Waals surface area contributed by atoms with Crippen LogP contribution in [0, 0.1) is 0 Å². The fraction of sp³-hybridized carbons (Fsp3) is 0.857. The van der Waals surface area contributed by atoms with Crippen LogP contribution in [0.2, 0.25) is 0 Å². The quantitative estimate of drug-likeness (QED) is 0.0377. The summed E-state index contributed by atoms with van der Waals surface area (Å²) in [5.74, 6) is -5.96. The molecule has 0 aromatic carbocycles. The van der Waals surface area contributed by atoms with E-state index in [2.05, 4.69) is 13.8 Å². The molecule has 1 unspecified atom stereocenters. The lowest BCUT2D eigenvalue weighted by molar-refractivity contribution is -0.160. The maximum Gasteiger partial charge on any atom is 0.317 e. The number of carboxylic acids is 4. The lowest BCUT2D eigenvalue weighted by Crippen LogP contribution is -2.48. The van der Waals surface area contributed by atoms with Crippen molar-refractivity contribution < 1.29 is 63.5 Å². The van der Waals surface area contributed by atoms with Crippen molar-refractivity contribution in [3.63, 3.8) is 0 Å². The number of carbonyl (C=O) groups excluding carboxylic acids is 3. The Bertz CT molecular complexity index is 1280. The summed E-state index contributed by atoms with van der Waals surface area (Å²) in [4.78, 5) is 92.2. The number of nitrogens with zero attached hydrogens (tertiary/aromatic N) is 5. The number of carbonyl (C=O) groups is 7. The van der Waals surface area contributed by atoms with Gasteiger partial charge in [-0.25, -0.2) is 0 Å². The van der Waals surface area contributed by atoms with E-state index < -0.39 is 56.2 Å². The van der Waals surface area contributed by atoms with Crippen LogP contribution in [0.15, 0.2) is 0 Å². The van der Waals surface area contributed by atoms with Crippen molar-refractivity contribution in [3.05, 3.63) is 0 Å². The molecule has 0 heterocycles. The largest absolute Gasteiger partial charge is 0.480 e. The zero-order chi connectivity index (χ0) is 50.1. The molecule has 0 radical (unpaired) electrons. The Morgan fingerprint density at radius 1 is 0.418 bits per heavy atom. The number of rotatable bonds is 48. The highest BCUT2D eigenvalue weighted by molar-refractivity contribution is 5.78. The van der Waals surface area contributed by atoms with Gasteiger partial charge in [-0.3, -0.25) is 48.3 Å². The molecule has 0 aliphatic carbocycles. The van der Waals surface area contributed by atoms with Crippen LogP contribution >= 0.6 is 0 Å². The Balaban J connectivity index is 5.40. The summed E-state index contributed by atoms with van der Waals surface area (Å²) in [5, 5.41) is 37.2. The Morgan fingerprint density at radius 3 is 1.13 bits per heavy atom. The van der Waals surface area contributed by atoms with Gasteiger partial charge < -0.3 is 39.7 Å². The lowest BCUT2D eigenvalue weighted by Gasteiger charge is -2.30. The van der Waals surface area contributed by atoms with Gasteiger partial charge in [-0.2, -0.15) is 0 Å². The molecular formula is C49H91N5O13. The fourth-order valence-electron chi connectivity index (χ4n) is 7.72. The molecule has 0 rings (SSSR count). The summed E-state index contributed by atoms with van der Waals surface area (Å²) >= 11 is 0. The average Bonchev–Trinajstić information content (AvgIpc) is 3.25. The van der Waals surface area contributed by atoms with Crippen molar-refractivity contribution in [1.29, 1.82) is 0 Å². The van der Waals surface area contributed by atoms with Crippen LogP contribution in [-0.2, 0) is 43.0 Å². The zero-order valence-corrected chi connectivity index (χ0v) is 41.9. The molecule has 0 aliphatic heterocycles. The van der Waals surface area contributed by atoms with Gasteiger partial charge in [0.15, 0.2) is 0 Å². The van der Waals surface area contributed by atoms with E-state index in [1.54, 1.807) is 19.0 Å². The van der Waals surface area contributed by atoms with Crippen LogP contribution in [-0.4, -0.2) is 192 Å². The van der Waals surface area contributed by atoms with Gasteiger partial charge in [0.05, 0.1) is 32.7 Å². The summed E-state index contributed by atoms with van der Waals surface area (Å²) in [5.41, 5.74) is 0. The lowest BCUT2D eigenvalue weighted by atomic mass is 10.1. The third-order valence-corrected chi connectivity index (χ3v) is 11.7. The second-order valence-corrected chi connectivity index (χ2v) is 18.2. The van der Waals surface area contributed by atoms with Crippen LogP contribution in [0.1, 0.15) is 168 Å². The highest BCUT2D eigenvalue weighted by Gasteiger charge is 2.23. The number of amides is 1. The highest BCUT2D eigenvalue weighted by atomic mass is 16.6. The van der Waals surface area contributed by atoms with Crippen molar-refractivity contribution in [2.75, 3.05) is 99.2 Å². The van der Waals surface area contributed by atoms with E-state index in [9.17, 15) is 54.0 Å². The monoisotopic (exact) mass is 958 g/mol. The number of hydrogen-bond acceptors (Lipinski definition) is 13. The van der Waals surface area contributed by atoms with E-state index in [0.717, 1.165) is 51.4 Å². The molecular weight excluding hydrogens is 867 g/mol. The molecule has 0 aromatic rings. The fourth-order valence-corrected chi connectivity index (χ4v) is 7.72. The van der Waals surface area contributed by atoms with Crippen LogP contribution in [0.25, 0.3) is 0 Å². The van der Waals surface area contributed by atoms with Crippen molar-refractivity contribution in [1.82, 2.24) is 24.5 Å². The van der Waals surface area contributed by atoms with E-state index in [0.29, 0.717) is 13.0 Å². The third kappa shape index (κ3) is 40.9. The summed E-state index contributed by atoms with van der Waals surface area (Å²) in [7, 11) is 3.40. The van der Waals surface area contributed by atoms with Gasteiger partial charge in [0.1, 0.15) is 12.7 Å². The standard InChI is InChI=1S/C49H91N5O13/c1-5-7-9-11-13-15-17-19-21-23-25-27-48(64)66-41-42(67-49(65)28-26-24-22-20-18-16-14-12-10-8-6-2)35-50(3)29-30-51(4)43(55)36-52(31-33-53(37-44(56)57)38-45(58)59)32-34-54(39-46(60)61)40-47(62)63/h42H,5-41H2,1-4H3,(H,56,57)(H,58,59)(H,60,61)(H,62,63). The number of likely N-dealkylation sites (N-methyl/N-ethyl adjacent to an activating group) is 2. The van der Waals surface area contributed by atoms with Crippen LogP contribution in [0.4, 0.5) is 0 Å². The molecule has 0 spiro atoms. The highest BCUT2D eigenvalue weighted by Crippen LogP contribution is 2.14.